The summed E-state index contributed by atoms with van der Waals surface area (Å²) < 4.78 is 1.53. The van der Waals surface area contributed by atoms with Crippen molar-refractivity contribution in [3.8, 4) is 0 Å². The Balaban J connectivity index is 2.18. The lowest BCUT2D eigenvalue weighted by Gasteiger charge is -2.06. The topological polar surface area (TPSA) is 84.1 Å². The summed E-state index contributed by atoms with van der Waals surface area (Å²) in [5.41, 5.74) is 0. The highest BCUT2D eigenvalue weighted by Crippen LogP contribution is 1.95. The molecule has 1 aromatic heterocycles. The highest BCUT2D eigenvalue weighted by atomic mass is 16.5. The van der Waals surface area contributed by atoms with Gasteiger partial charge in [-0.25, -0.2) is 9.75 Å². The number of hydroxylamine groups is 2. The summed E-state index contributed by atoms with van der Waals surface area (Å²) in [6.45, 7) is 0.576. The molecule has 7 heteroatoms. The molecule has 0 spiro atoms. The van der Waals surface area contributed by atoms with E-state index in [0.29, 0.717) is 18.0 Å². The van der Waals surface area contributed by atoms with Gasteiger partial charge < -0.3 is 0 Å². The SMILES string of the molecule is CN(O)C(=O)CCCn1cnnn1. The Morgan fingerprint density at radius 3 is 3.00 bits per heavy atom. The number of tetrazole rings is 1. The lowest BCUT2D eigenvalue weighted by Crippen LogP contribution is -2.22. The zero-order valence-corrected chi connectivity index (χ0v) is 7.29. The Morgan fingerprint density at radius 2 is 2.46 bits per heavy atom. The fourth-order valence-corrected chi connectivity index (χ4v) is 0.837. The number of aromatic nitrogens is 4. The van der Waals surface area contributed by atoms with Crippen LogP contribution in [0.2, 0.25) is 0 Å². The minimum Gasteiger partial charge on any atom is -0.286 e. The van der Waals surface area contributed by atoms with Crippen LogP contribution in [0.4, 0.5) is 0 Å². The second-order valence-electron chi connectivity index (χ2n) is 2.59. The highest BCUT2D eigenvalue weighted by molar-refractivity contribution is 5.74. The third kappa shape index (κ3) is 3.16. The van der Waals surface area contributed by atoms with E-state index < -0.39 is 0 Å². The van der Waals surface area contributed by atoms with E-state index in [4.69, 9.17) is 5.21 Å². The molecule has 1 N–H and O–H groups in total. The second-order valence-corrected chi connectivity index (χ2v) is 2.59. The lowest BCUT2D eigenvalue weighted by atomic mass is 10.3. The molecule has 1 amide bonds. The predicted octanol–water partition coefficient (Wildman–Crippen LogP) is -0.699. The first kappa shape index (κ1) is 9.59. The van der Waals surface area contributed by atoms with Crippen molar-refractivity contribution >= 4 is 5.91 Å². The van der Waals surface area contributed by atoms with Crippen molar-refractivity contribution in [3.63, 3.8) is 0 Å². The van der Waals surface area contributed by atoms with E-state index in [0.717, 1.165) is 0 Å². The number of aryl methyl sites for hydroxylation is 1. The van der Waals surface area contributed by atoms with E-state index in [-0.39, 0.29) is 12.3 Å². The van der Waals surface area contributed by atoms with Gasteiger partial charge in [0.25, 0.3) is 0 Å². The zero-order chi connectivity index (χ0) is 9.68. The van der Waals surface area contributed by atoms with E-state index >= 15 is 0 Å². The van der Waals surface area contributed by atoms with E-state index in [2.05, 4.69) is 15.5 Å². The van der Waals surface area contributed by atoms with Crippen LogP contribution in [0.5, 0.6) is 0 Å². The molecule has 1 rings (SSSR count). The summed E-state index contributed by atoms with van der Waals surface area (Å²) in [5, 5.41) is 19.8. The number of hydrogen-bond donors (Lipinski definition) is 1. The van der Waals surface area contributed by atoms with Crippen LogP contribution in [-0.4, -0.2) is 43.4 Å². The van der Waals surface area contributed by atoms with Gasteiger partial charge in [-0.1, -0.05) is 0 Å². The molecular weight excluding hydrogens is 174 g/mol. The van der Waals surface area contributed by atoms with Gasteiger partial charge in [0, 0.05) is 20.0 Å². The van der Waals surface area contributed by atoms with E-state index in [1.807, 2.05) is 0 Å². The normalized spacial score (nSPS) is 10.0. The molecule has 0 radical (unpaired) electrons. The van der Waals surface area contributed by atoms with Gasteiger partial charge in [-0.2, -0.15) is 0 Å². The highest BCUT2D eigenvalue weighted by Gasteiger charge is 2.04. The molecule has 0 aromatic carbocycles. The van der Waals surface area contributed by atoms with Crippen molar-refractivity contribution in [2.45, 2.75) is 19.4 Å². The molecule has 0 saturated heterocycles. The van der Waals surface area contributed by atoms with Crippen molar-refractivity contribution in [2.75, 3.05) is 7.05 Å². The van der Waals surface area contributed by atoms with Gasteiger partial charge in [0.1, 0.15) is 6.33 Å². The third-order valence-electron chi connectivity index (χ3n) is 1.53. The molecule has 0 saturated carbocycles. The first-order valence-electron chi connectivity index (χ1n) is 3.86. The molecule has 0 atom stereocenters. The number of carbonyl (C=O) groups excluding carboxylic acids is 1. The quantitative estimate of drug-likeness (QED) is 0.495. The van der Waals surface area contributed by atoms with Crippen molar-refractivity contribution < 1.29 is 10.0 Å². The lowest BCUT2D eigenvalue weighted by molar-refractivity contribution is -0.159. The van der Waals surface area contributed by atoms with Gasteiger partial charge in [0.05, 0.1) is 0 Å². The van der Waals surface area contributed by atoms with Crippen LogP contribution in [0.1, 0.15) is 12.8 Å². The molecule has 1 aromatic rings. The molecular formula is C6H11N5O2. The molecule has 0 unspecified atom stereocenters. The Hall–Kier alpha value is -1.50. The molecule has 0 aliphatic heterocycles. The second kappa shape index (κ2) is 4.51. The number of hydrogen-bond acceptors (Lipinski definition) is 5. The van der Waals surface area contributed by atoms with Crippen LogP contribution in [0.3, 0.4) is 0 Å². The van der Waals surface area contributed by atoms with Crippen molar-refractivity contribution in [1.82, 2.24) is 25.3 Å². The number of rotatable bonds is 4. The molecule has 1 heterocycles. The number of amides is 1. The summed E-state index contributed by atoms with van der Waals surface area (Å²) in [4.78, 5) is 10.9. The van der Waals surface area contributed by atoms with Gasteiger partial charge in [0.15, 0.2) is 0 Å². The fraction of sp³-hybridized carbons (Fsp3) is 0.667. The molecule has 0 bridgehead atoms. The summed E-state index contributed by atoms with van der Waals surface area (Å²) in [5.74, 6) is -0.312. The zero-order valence-electron chi connectivity index (χ0n) is 7.29. The van der Waals surface area contributed by atoms with Gasteiger partial charge in [-0.3, -0.25) is 10.0 Å². The summed E-state index contributed by atoms with van der Waals surface area (Å²) in [7, 11) is 1.30. The third-order valence-corrected chi connectivity index (χ3v) is 1.53. The van der Waals surface area contributed by atoms with Crippen molar-refractivity contribution in [2.24, 2.45) is 0 Å². The van der Waals surface area contributed by atoms with Gasteiger partial charge in [-0.15, -0.1) is 5.10 Å². The molecule has 0 fully saturated rings. The molecule has 0 aliphatic rings. The summed E-state index contributed by atoms with van der Waals surface area (Å²) >= 11 is 0. The summed E-state index contributed by atoms with van der Waals surface area (Å²) in [6.07, 6.45) is 2.37. The standard InChI is InChI=1S/C6H11N5O2/c1-10(13)6(12)3-2-4-11-5-7-8-9-11/h5,13H,2-4H2,1H3. The minimum atomic E-state index is -0.312. The Morgan fingerprint density at radius 1 is 1.69 bits per heavy atom. The van der Waals surface area contributed by atoms with Crippen molar-refractivity contribution in [3.05, 3.63) is 6.33 Å². The van der Waals surface area contributed by atoms with Crippen LogP contribution < -0.4 is 0 Å². The van der Waals surface area contributed by atoms with E-state index in [1.54, 1.807) is 0 Å². The smallest absolute Gasteiger partial charge is 0.245 e. The maximum absolute atomic E-state index is 10.9. The van der Waals surface area contributed by atoms with Crippen LogP contribution in [0.15, 0.2) is 6.33 Å². The van der Waals surface area contributed by atoms with Crippen LogP contribution in [0.25, 0.3) is 0 Å². The minimum absolute atomic E-state index is 0.285. The van der Waals surface area contributed by atoms with Gasteiger partial charge >= 0.3 is 0 Å². The molecule has 7 nitrogen and oxygen atoms in total. The monoisotopic (exact) mass is 185 g/mol. The maximum Gasteiger partial charge on any atom is 0.245 e. The van der Waals surface area contributed by atoms with Gasteiger partial charge in [0.2, 0.25) is 5.91 Å². The summed E-state index contributed by atoms with van der Waals surface area (Å²) in [6, 6.07) is 0. The molecule has 0 aliphatic carbocycles. The van der Waals surface area contributed by atoms with E-state index in [1.165, 1.54) is 18.1 Å². The Kier molecular flexibility index (Phi) is 3.32. The first-order chi connectivity index (χ1) is 6.20. The first-order valence-corrected chi connectivity index (χ1v) is 3.86. The largest absolute Gasteiger partial charge is 0.286 e. The fourth-order valence-electron chi connectivity index (χ4n) is 0.837. The Labute approximate surface area is 74.9 Å². The maximum atomic E-state index is 10.9. The average Bonchev–Trinajstić information content (AvgIpc) is 2.56. The van der Waals surface area contributed by atoms with Gasteiger partial charge in [-0.05, 0) is 16.8 Å². The predicted molar refractivity (Wildman–Crippen MR) is 41.6 cm³/mol. The number of carbonyl (C=O) groups is 1. The van der Waals surface area contributed by atoms with Crippen LogP contribution in [-0.2, 0) is 11.3 Å². The van der Waals surface area contributed by atoms with E-state index in [9.17, 15) is 4.79 Å². The van der Waals surface area contributed by atoms with Crippen molar-refractivity contribution in [1.29, 1.82) is 0 Å². The average molecular weight is 185 g/mol. The number of nitrogens with zero attached hydrogens (tertiary/aromatic N) is 5. The molecule has 72 valence electrons. The van der Waals surface area contributed by atoms with Crippen LogP contribution >= 0.6 is 0 Å². The van der Waals surface area contributed by atoms with Crippen LogP contribution in [0, 0.1) is 0 Å². The Bertz CT molecular complexity index is 258. The molecule has 13 heavy (non-hydrogen) atoms.